The Labute approximate surface area is 197 Å². The first-order valence-electron chi connectivity index (χ1n) is 11.2. The Balaban J connectivity index is 1.79. The Kier molecular flexibility index (Phi) is 7.73. The fraction of sp³-hybridized carbons (Fsp3) is 0.286. The molecule has 0 radical (unpaired) electrons. The molecule has 0 heterocycles. The van der Waals surface area contributed by atoms with Crippen LogP contribution in [0.3, 0.4) is 0 Å². The summed E-state index contributed by atoms with van der Waals surface area (Å²) in [5.74, 6) is 0.466. The molecule has 0 spiro atoms. The van der Waals surface area contributed by atoms with Crippen molar-refractivity contribution >= 4 is 19.2 Å². The molecule has 3 aromatic carbocycles. The summed E-state index contributed by atoms with van der Waals surface area (Å²) in [6, 6.07) is 26.9. The average Bonchev–Trinajstić information content (AvgIpc) is 2.78. The molecule has 0 aliphatic carbocycles. The number of ether oxygens (including phenoxy) is 2. The summed E-state index contributed by atoms with van der Waals surface area (Å²) in [6.07, 6.45) is -1.01. The summed E-state index contributed by atoms with van der Waals surface area (Å²) in [7, 11) is -1.43. The van der Waals surface area contributed by atoms with Crippen LogP contribution in [0.4, 0.5) is 0 Å². The van der Waals surface area contributed by atoms with Gasteiger partial charge in [0.05, 0.1) is 14.0 Å². The molecule has 0 N–H and O–H groups in total. The van der Waals surface area contributed by atoms with Gasteiger partial charge >= 0.3 is 5.97 Å². The highest BCUT2D eigenvalue weighted by molar-refractivity contribution is 6.88. The van der Waals surface area contributed by atoms with Gasteiger partial charge in [0.15, 0.2) is 0 Å². The van der Waals surface area contributed by atoms with Gasteiger partial charge < -0.3 is 9.47 Å². The van der Waals surface area contributed by atoms with E-state index in [9.17, 15) is 10.1 Å². The Morgan fingerprint density at radius 3 is 2.06 bits per heavy atom. The molecular formula is C28H31NO3Si. The van der Waals surface area contributed by atoms with Crippen molar-refractivity contribution in [2.24, 2.45) is 5.92 Å². The summed E-state index contributed by atoms with van der Waals surface area (Å²) in [4.78, 5) is 13.2. The van der Waals surface area contributed by atoms with E-state index in [1.807, 2.05) is 62.4 Å². The maximum atomic E-state index is 13.2. The summed E-state index contributed by atoms with van der Waals surface area (Å²) < 4.78 is 11.6. The van der Waals surface area contributed by atoms with Crippen LogP contribution in [-0.4, -0.2) is 14.0 Å². The zero-order chi connectivity index (χ0) is 24.0. The highest BCUT2D eigenvalue weighted by Gasteiger charge is 2.29. The predicted octanol–water partition coefficient (Wildman–Crippen LogP) is 6.57. The van der Waals surface area contributed by atoms with Crippen molar-refractivity contribution in [1.82, 2.24) is 0 Å². The molecule has 170 valence electrons. The number of nitrogens with zero attached hydrogens (tertiary/aromatic N) is 1. The van der Waals surface area contributed by atoms with Gasteiger partial charge in [-0.15, -0.1) is 0 Å². The van der Waals surface area contributed by atoms with Crippen LogP contribution in [0, 0.1) is 17.2 Å². The van der Waals surface area contributed by atoms with E-state index in [-0.39, 0.29) is 5.92 Å². The van der Waals surface area contributed by atoms with Crippen molar-refractivity contribution in [2.75, 3.05) is 0 Å². The van der Waals surface area contributed by atoms with Crippen LogP contribution in [0.2, 0.25) is 19.6 Å². The lowest BCUT2D eigenvalue weighted by atomic mass is 9.88. The molecule has 2 unspecified atom stereocenters. The lowest BCUT2D eigenvalue weighted by Crippen LogP contribution is -2.37. The Morgan fingerprint density at radius 2 is 1.48 bits per heavy atom. The third-order valence-corrected chi connectivity index (χ3v) is 7.61. The molecule has 0 amide bonds. The maximum Gasteiger partial charge on any atom is 0.315 e. The highest BCUT2D eigenvalue weighted by atomic mass is 28.3. The van der Waals surface area contributed by atoms with Gasteiger partial charge in [-0.05, 0) is 35.7 Å². The lowest BCUT2D eigenvalue weighted by molar-refractivity contribution is -0.150. The number of carbonyl (C=O) groups excluding carboxylic acids is 1. The fourth-order valence-electron chi connectivity index (χ4n) is 3.71. The molecule has 5 heteroatoms. The molecule has 0 aromatic heterocycles. The minimum absolute atomic E-state index is 0.0299. The number of carbonyl (C=O) groups is 1. The van der Waals surface area contributed by atoms with Gasteiger partial charge in [-0.1, -0.05) is 93.3 Å². The molecule has 0 aliphatic heterocycles. The highest BCUT2D eigenvalue weighted by Crippen LogP contribution is 2.30. The molecule has 3 rings (SSSR count). The second kappa shape index (κ2) is 10.5. The third kappa shape index (κ3) is 6.33. The molecule has 0 aliphatic rings. The van der Waals surface area contributed by atoms with Gasteiger partial charge in [0.2, 0.25) is 6.10 Å². The first-order chi connectivity index (χ1) is 15.7. The zero-order valence-electron chi connectivity index (χ0n) is 19.9. The molecule has 0 saturated carbocycles. The van der Waals surface area contributed by atoms with Crippen LogP contribution in [0.25, 0.3) is 0 Å². The monoisotopic (exact) mass is 457 g/mol. The smallest absolute Gasteiger partial charge is 0.315 e. The fourth-order valence-corrected chi connectivity index (χ4v) is 4.87. The quantitative estimate of drug-likeness (QED) is 0.283. The second-order valence-corrected chi connectivity index (χ2v) is 14.6. The van der Waals surface area contributed by atoms with Crippen LogP contribution < -0.4 is 9.92 Å². The van der Waals surface area contributed by atoms with Gasteiger partial charge in [-0.2, -0.15) is 5.26 Å². The topological polar surface area (TPSA) is 59.3 Å². The number of esters is 1. The van der Waals surface area contributed by atoms with E-state index < -0.39 is 26.1 Å². The van der Waals surface area contributed by atoms with Gasteiger partial charge in [0.25, 0.3) is 0 Å². The van der Waals surface area contributed by atoms with E-state index in [2.05, 4.69) is 37.8 Å². The average molecular weight is 458 g/mol. The number of benzene rings is 3. The Morgan fingerprint density at radius 1 is 0.848 bits per heavy atom. The van der Waals surface area contributed by atoms with Crippen molar-refractivity contribution < 1.29 is 14.3 Å². The number of nitriles is 1. The minimum atomic E-state index is -1.43. The summed E-state index contributed by atoms with van der Waals surface area (Å²) >= 11 is 0. The standard InChI is InChI=1S/C28H31NO3Si/c1-20(2)27(21-14-16-25(17-15-21)33(3,4)5)28(30)32-26(19-29)22-10-9-13-24(18-22)31-23-11-7-6-8-12-23/h6-18,20,26-27H,1-5H3. The Hall–Kier alpha value is -3.36. The van der Waals surface area contributed by atoms with Crippen molar-refractivity contribution in [2.45, 2.75) is 45.5 Å². The van der Waals surface area contributed by atoms with E-state index >= 15 is 0 Å². The molecule has 2 atom stereocenters. The third-order valence-electron chi connectivity index (χ3n) is 5.55. The van der Waals surface area contributed by atoms with Crippen LogP contribution >= 0.6 is 0 Å². The largest absolute Gasteiger partial charge is 0.457 e. The van der Waals surface area contributed by atoms with Crippen molar-refractivity contribution in [3.05, 3.63) is 90.0 Å². The van der Waals surface area contributed by atoms with E-state index in [0.717, 1.165) is 5.56 Å². The maximum absolute atomic E-state index is 13.2. The minimum Gasteiger partial charge on any atom is -0.457 e. The van der Waals surface area contributed by atoms with Crippen molar-refractivity contribution in [1.29, 1.82) is 5.26 Å². The summed E-state index contributed by atoms with van der Waals surface area (Å²) in [5.41, 5.74) is 1.49. The summed E-state index contributed by atoms with van der Waals surface area (Å²) in [5, 5.41) is 11.1. The number of rotatable bonds is 8. The number of hydrogen-bond donors (Lipinski definition) is 0. The van der Waals surface area contributed by atoms with Gasteiger partial charge in [0, 0.05) is 5.56 Å². The molecule has 33 heavy (non-hydrogen) atoms. The van der Waals surface area contributed by atoms with Crippen LogP contribution in [-0.2, 0) is 9.53 Å². The first kappa shape index (κ1) is 24.3. The van der Waals surface area contributed by atoms with Gasteiger partial charge in [-0.3, -0.25) is 4.79 Å². The van der Waals surface area contributed by atoms with Crippen LogP contribution in [0.5, 0.6) is 11.5 Å². The van der Waals surface area contributed by atoms with Crippen LogP contribution in [0.15, 0.2) is 78.9 Å². The first-order valence-corrected chi connectivity index (χ1v) is 14.7. The summed E-state index contributed by atoms with van der Waals surface area (Å²) in [6.45, 7) is 10.9. The Bertz CT molecular complexity index is 1110. The SMILES string of the molecule is CC(C)C(C(=O)OC(C#N)c1cccc(Oc2ccccc2)c1)c1ccc([Si](C)(C)C)cc1. The molecule has 3 aromatic rings. The van der Waals surface area contributed by atoms with E-state index in [1.165, 1.54) is 5.19 Å². The predicted molar refractivity (Wildman–Crippen MR) is 134 cm³/mol. The van der Waals surface area contributed by atoms with E-state index in [1.54, 1.807) is 18.2 Å². The molecule has 0 bridgehead atoms. The lowest BCUT2D eigenvalue weighted by Gasteiger charge is -2.23. The zero-order valence-corrected chi connectivity index (χ0v) is 20.9. The molecule has 0 fully saturated rings. The van der Waals surface area contributed by atoms with E-state index in [0.29, 0.717) is 17.1 Å². The van der Waals surface area contributed by atoms with Gasteiger partial charge in [0.1, 0.15) is 17.6 Å². The van der Waals surface area contributed by atoms with Gasteiger partial charge in [-0.25, -0.2) is 0 Å². The molecular weight excluding hydrogens is 426 g/mol. The number of hydrogen-bond acceptors (Lipinski definition) is 4. The number of para-hydroxylation sites is 1. The van der Waals surface area contributed by atoms with E-state index in [4.69, 9.17) is 9.47 Å². The molecule has 4 nitrogen and oxygen atoms in total. The van der Waals surface area contributed by atoms with Crippen molar-refractivity contribution in [3.8, 4) is 17.6 Å². The molecule has 0 saturated heterocycles. The van der Waals surface area contributed by atoms with Crippen LogP contribution in [0.1, 0.15) is 37.0 Å². The normalized spacial score (nSPS) is 13.1. The van der Waals surface area contributed by atoms with Crippen molar-refractivity contribution in [3.63, 3.8) is 0 Å². The second-order valence-electron chi connectivity index (χ2n) is 9.53.